The lowest BCUT2D eigenvalue weighted by molar-refractivity contribution is -0.139. The maximum Gasteiger partial charge on any atom is 0.309 e. The fourth-order valence-corrected chi connectivity index (χ4v) is 1.27. The Bertz CT molecular complexity index is 549. The minimum Gasteiger partial charge on any atom is -0.351 e. The summed E-state index contributed by atoms with van der Waals surface area (Å²) >= 11 is 0. The molecule has 6 nitrogen and oxygen atoms in total. The number of carbonyl (C=O) groups excluding carboxylic acids is 3. The number of benzene rings is 1. The molecule has 0 saturated carbocycles. The molecule has 8 heteroatoms. The largest absolute Gasteiger partial charge is 0.351 e. The molecule has 0 heterocycles. The molecule has 0 bridgehead atoms. The molecule has 20 heavy (non-hydrogen) atoms. The third-order valence-corrected chi connectivity index (χ3v) is 2.36. The molecule has 0 aliphatic carbocycles. The van der Waals surface area contributed by atoms with Crippen LogP contribution in [0.5, 0.6) is 0 Å². The van der Waals surface area contributed by atoms with E-state index in [1.54, 1.807) is 0 Å². The van der Waals surface area contributed by atoms with Crippen molar-refractivity contribution in [1.82, 2.24) is 10.6 Å². The number of nitrogens with one attached hydrogen (secondary N) is 3. The number of carbonyl (C=O) groups is 3. The van der Waals surface area contributed by atoms with E-state index < -0.39 is 35.4 Å². The number of amides is 3. The summed E-state index contributed by atoms with van der Waals surface area (Å²) in [7, 11) is 1.27. The highest BCUT2D eigenvalue weighted by molar-refractivity contribution is 6.35. The Kier molecular flexibility index (Phi) is 5.13. The fourth-order valence-electron chi connectivity index (χ4n) is 1.27. The van der Waals surface area contributed by atoms with Crippen molar-refractivity contribution in [3.63, 3.8) is 0 Å². The van der Waals surface area contributed by atoms with Crippen molar-refractivity contribution in [3.05, 3.63) is 29.8 Å². The third-order valence-electron chi connectivity index (χ3n) is 2.36. The second-order valence-electron chi connectivity index (χ2n) is 3.89. The molecule has 0 aromatic heterocycles. The minimum atomic E-state index is -1.11. The summed E-state index contributed by atoms with van der Waals surface area (Å²) < 4.78 is 25.6. The van der Waals surface area contributed by atoms with E-state index in [-0.39, 0.29) is 5.69 Å². The topological polar surface area (TPSA) is 87.3 Å². The fraction of sp³-hybridized carbons (Fsp3) is 0.250. The summed E-state index contributed by atoms with van der Waals surface area (Å²) in [5.74, 6) is -4.68. The van der Waals surface area contributed by atoms with Crippen molar-refractivity contribution >= 4 is 23.4 Å². The second-order valence-corrected chi connectivity index (χ2v) is 3.89. The molecule has 0 aliphatic rings. The summed E-state index contributed by atoms with van der Waals surface area (Å²) in [6.07, 6.45) is 0. The number of hydrogen-bond acceptors (Lipinski definition) is 3. The van der Waals surface area contributed by atoms with E-state index in [1.165, 1.54) is 20.0 Å². The summed E-state index contributed by atoms with van der Waals surface area (Å²) in [6.45, 7) is 1.34. The molecule has 108 valence electrons. The molecular weight excluding hydrogens is 272 g/mol. The highest BCUT2D eigenvalue weighted by Gasteiger charge is 2.19. The Morgan fingerprint density at radius 2 is 1.75 bits per heavy atom. The first-order chi connectivity index (χ1) is 9.35. The molecule has 1 aromatic rings. The van der Waals surface area contributed by atoms with Crippen LogP contribution in [0.3, 0.4) is 0 Å². The lowest BCUT2D eigenvalue weighted by Gasteiger charge is -2.13. The zero-order chi connectivity index (χ0) is 15.3. The van der Waals surface area contributed by atoms with Gasteiger partial charge in [0.25, 0.3) is 0 Å². The van der Waals surface area contributed by atoms with E-state index in [4.69, 9.17) is 0 Å². The van der Waals surface area contributed by atoms with E-state index in [0.717, 1.165) is 12.1 Å². The van der Waals surface area contributed by atoms with Crippen LogP contribution in [-0.4, -0.2) is 30.8 Å². The van der Waals surface area contributed by atoms with Gasteiger partial charge in [0.15, 0.2) is 11.6 Å². The molecule has 1 aromatic carbocycles. The molecule has 1 atom stereocenters. The number of halogens is 2. The SMILES string of the molecule is CNC(=O)C(=O)N[C@H](C)C(=O)Nc1ccc(F)c(F)c1. The smallest absolute Gasteiger partial charge is 0.309 e. The second kappa shape index (κ2) is 6.60. The van der Waals surface area contributed by atoms with E-state index >= 15 is 0 Å². The van der Waals surface area contributed by atoms with Gasteiger partial charge in [-0.1, -0.05) is 0 Å². The Labute approximate surface area is 113 Å². The third kappa shape index (κ3) is 4.01. The molecule has 0 aliphatic heterocycles. The lowest BCUT2D eigenvalue weighted by Crippen LogP contribution is -2.47. The van der Waals surface area contributed by atoms with Gasteiger partial charge in [-0.2, -0.15) is 0 Å². The van der Waals surface area contributed by atoms with Gasteiger partial charge in [0, 0.05) is 18.8 Å². The van der Waals surface area contributed by atoms with Gasteiger partial charge >= 0.3 is 11.8 Å². The van der Waals surface area contributed by atoms with Gasteiger partial charge in [-0.25, -0.2) is 8.78 Å². The van der Waals surface area contributed by atoms with Crippen LogP contribution in [0.4, 0.5) is 14.5 Å². The number of likely N-dealkylation sites (N-methyl/N-ethyl adjacent to an activating group) is 1. The first-order valence-electron chi connectivity index (χ1n) is 5.63. The lowest BCUT2D eigenvalue weighted by atomic mass is 10.2. The van der Waals surface area contributed by atoms with Crippen LogP contribution in [0.25, 0.3) is 0 Å². The van der Waals surface area contributed by atoms with E-state index in [9.17, 15) is 23.2 Å². The Morgan fingerprint density at radius 3 is 2.30 bits per heavy atom. The van der Waals surface area contributed by atoms with Crippen molar-refractivity contribution in [2.24, 2.45) is 0 Å². The predicted octanol–water partition coefficient (Wildman–Crippen LogP) is 0.154. The maximum absolute atomic E-state index is 12.9. The van der Waals surface area contributed by atoms with Gasteiger partial charge in [0.2, 0.25) is 5.91 Å². The molecular formula is C12H13F2N3O3. The summed E-state index contributed by atoms with van der Waals surface area (Å²) in [5, 5.41) is 6.52. The van der Waals surface area contributed by atoms with Crippen LogP contribution < -0.4 is 16.0 Å². The molecule has 3 N–H and O–H groups in total. The Morgan fingerprint density at radius 1 is 1.10 bits per heavy atom. The standard InChI is InChI=1S/C12H13F2N3O3/c1-6(16-12(20)11(19)15-2)10(18)17-7-3-4-8(13)9(14)5-7/h3-6H,1-2H3,(H,15,19)(H,16,20)(H,17,18)/t6-/m1/s1. The summed E-state index contributed by atoms with van der Waals surface area (Å²) in [6, 6.07) is 1.82. The molecule has 3 amide bonds. The van der Waals surface area contributed by atoms with E-state index in [0.29, 0.717) is 0 Å². The molecule has 0 unspecified atom stereocenters. The zero-order valence-electron chi connectivity index (χ0n) is 10.8. The van der Waals surface area contributed by atoms with Crippen LogP contribution in [0.15, 0.2) is 18.2 Å². The van der Waals surface area contributed by atoms with Crippen molar-refractivity contribution in [2.75, 3.05) is 12.4 Å². The average molecular weight is 285 g/mol. The predicted molar refractivity (Wildman–Crippen MR) is 66.7 cm³/mol. The van der Waals surface area contributed by atoms with Crippen LogP contribution in [0.2, 0.25) is 0 Å². The highest BCUT2D eigenvalue weighted by atomic mass is 19.2. The average Bonchev–Trinajstić information content (AvgIpc) is 2.41. The summed E-state index contributed by atoms with van der Waals surface area (Å²) in [4.78, 5) is 33.9. The molecule has 0 saturated heterocycles. The van der Waals surface area contributed by atoms with Gasteiger partial charge < -0.3 is 16.0 Å². The summed E-state index contributed by atoms with van der Waals surface area (Å²) in [5.41, 5.74) is 0.0370. The molecule has 0 spiro atoms. The molecule has 0 radical (unpaired) electrons. The number of rotatable bonds is 3. The van der Waals surface area contributed by atoms with Crippen LogP contribution in [0, 0.1) is 11.6 Å². The number of hydrogen-bond donors (Lipinski definition) is 3. The molecule has 0 fully saturated rings. The van der Waals surface area contributed by atoms with Crippen molar-refractivity contribution < 1.29 is 23.2 Å². The Balaban J connectivity index is 2.63. The highest BCUT2D eigenvalue weighted by Crippen LogP contribution is 2.13. The van der Waals surface area contributed by atoms with Gasteiger partial charge in [-0.3, -0.25) is 14.4 Å². The first kappa shape index (κ1) is 15.5. The van der Waals surface area contributed by atoms with Crippen molar-refractivity contribution in [1.29, 1.82) is 0 Å². The monoisotopic (exact) mass is 285 g/mol. The van der Waals surface area contributed by atoms with E-state index in [2.05, 4.69) is 16.0 Å². The van der Waals surface area contributed by atoms with Crippen LogP contribution >= 0.6 is 0 Å². The maximum atomic E-state index is 12.9. The van der Waals surface area contributed by atoms with Crippen molar-refractivity contribution in [3.8, 4) is 0 Å². The van der Waals surface area contributed by atoms with Gasteiger partial charge in [-0.15, -0.1) is 0 Å². The van der Waals surface area contributed by atoms with Crippen LogP contribution in [-0.2, 0) is 14.4 Å². The van der Waals surface area contributed by atoms with Gasteiger partial charge in [-0.05, 0) is 19.1 Å². The molecule has 1 rings (SSSR count). The van der Waals surface area contributed by atoms with Gasteiger partial charge in [0.05, 0.1) is 0 Å². The minimum absolute atomic E-state index is 0.0370. The zero-order valence-corrected chi connectivity index (χ0v) is 10.8. The first-order valence-corrected chi connectivity index (χ1v) is 5.63. The van der Waals surface area contributed by atoms with Gasteiger partial charge in [0.1, 0.15) is 6.04 Å². The quantitative estimate of drug-likeness (QED) is 0.691. The van der Waals surface area contributed by atoms with E-state index in [1.807, 2.05) is 0 Å². The number of anilines is 1. The van der Waals surface area contributed by atoms with Crippen LogP contribution in [0.1, 0.15) is 6.92 Å². The van der Waals surface area contributed by atoms with Crippen molar-refractivity contribution in [2.45, 2.75) is 13.0 Å². The Hall–Kier alpha value is -2.51. The normalized spacial score (nSPS) is 11.4.